The number of hydrogen-bond acceptors (Lipinski definition) is 4. The average molecular weight is 235 g/mol. The molecule has 4 N–H and O–H groups in total. The first-order chi connectivity index (χ1) is 8.11. The van der Waals surface area contributed by atoms with E-state index in [9.17, 15) is 0 Å². The van der Waals surface area contributed by atoms with E-state index >= 15 is 0 Å². The van der Waals surface area contributed by atoms with Crippen molar-refractivity contribution in [2.24, 2.45) is 0 Å². The number of benzene rings is 1. The van der Waals surface area contributed by atoms with E-state index in [0.717, 1.165) is 37.4 Å². The standard InChI is InChI=1S/C13H21N3O/c1-16-5-3-9(4-6-16)10-7-13(17-2)12(15)8-11(10)14/h7-9H,3-6,14-15H2,1-2H3. The van der Waals surface area contributed by atoms with E-state index in [1.54, 1.807) is 7.11 Å². The number of rotatable bonds is 2. The first-order valence-electron chi connectivity index (χ1n) is 6.03. The maximum Gasteiger partial charge on any atom is 0.142 e. The van der Waals surface area contributed by atoms with E-state index in [4.69, 9.17) is 16.2 Å². The molecule has 1 heterocycles. The number of nitrogens with two attached hydrogens (primary N) is 2. The lowest BCUT2D eigenvalue weighted by atomic mass is 9.88. The molecule has 1 aromatic carbocycles. The first kappa shape index (κ1) is 12.0. The fraction of sp³-hybridized carbons (Fsp3) is 0.538. The molecule has 0 atom stereocenters. The highest BCUT2D eigenvalue weighted by Gasteiger charge is 2.21. The van der Waals surface area contributed by atoms with Gasteiger partial charge in [0.2, 0.25) is 0 Å². The highest BCUT2D eigenvalue weighted by Crippen LogP contribution is 2.36. The summed E-state index contributed by atoms with van der Waals surface area (Å²) in [7, 11) is 3.80. The summed E-state index contributed by atoms with van der Waals surface area (Å²) >= 11 is 0. The third-order valence-corrected chi connectivity index (χ3v) is 3.59. The van der Waals surface area contributed by atoms with Gasteiger partial charge in [0.05, 0.1) is 12.8 Å². The Hall–Kier alpha value is -1.42. The molecule has 1 aromatic rings. The number of ether oxygens (including phenoxy) is 1. The third-order valence-electron chi connectivity index (χ3n) is 3.59. The highest BCUT2D eigenvalue weighted by molar-refractivity contribution is 5.65. The minimum Gasteiger partial charge on any atom is -0.495 e. The number of anilines is 2. The lowest BCUT2D eigenvalue weighted by molar-refractivity contribution is 0.255. The summed E-state index contributed by atoms with van der Waals surface area (Å²) in [5, 5.41) is 0. The van der Waals surface area contributed by atoms with Crippen LogP contribution in [0.2, 0.25) is 0 Å². The van der Waals surface area contributed by atoms with Gasteiger partial charge in [-0.1, -0.05) is 0 Å². The molecule has 0 aliphatic carbocycles. The van der Waals surface area contributed by atoms with E-state index in [-0.39, 0.29) is 0 Å². The monoisotopic (exact) mass is 235 g/mol. The Morgan fingerprint density at radius 1 is 1.18 bits per heavy atom. The Labute approximate surface area is 103 Å². The average Bonchev–Trinajstić information content (AvgIpc) is 2.31. The quantitative estimate of drug-likeness (QED) is 0.765. The zero-order chi connectivity index (χ0) is 12.4. The Morgan fingerprint density at radius 3 is 2.41 bits per heavy atom. The molecule has 1 fully saturated rings. The number of methoxy groups -OCH3 is 1. The third kappa shape index (κ3) is 2.47. The van der Waals surface area contributed by atoms with Crippen LogP contribution in [0.4, 0.5) is 11.4 Å². The van der Waals surface area contributed by atoms with Gasteiger partial charge in [-0.25, -0.2) is 0 Å². The summed E-state index contributed by atoms with van der Waals surface area (Å²) < 4.78 is 5.26. The molecule has 0 amide bonds. The molecule has 0 aromatic heterocycles. The number of hydrogen-bond donors (Lipinski definition) is 2. The predicted octanol–water partition coefficient (Wildman–Crippen LogP) is 1.67. The molecular weight excluding hydrogens is 214 g/mol. The number of nitrogens with zero attached hydrogens (tertiary/aromatic N) is 1. The zero-order valence-electron chi connectivity index (χ0n) is 10.6. The smallest absolute Gasteiger partial charge is 0.142 e. The van der Waals surface area contributed by atoms with Crippen molar-refractivity contribution in [3.63, 3.8) is 0 Å². The van der Waals surface area contributed by atoms with Gasteiger partial charge in [-0.05, 0) is 56.6 Å². The van der Waals surface area contributed by atoms with Crippen LogP contribution in [-0.2, 0) is 0 Å². The largest absolute Gasteiger partial charge is 0.495 e. The molecule has 2 rings (SSSR count). The number of likely N-dealkylation sites (tertiary alicyclic amines) is 1. The molecule has 1 saturated heterocycles. The number of piperidine rings is 1. The van der Waals surface area contributed by atoms with E-state index in [2.05, 4.69) is 11.9 Å². The van der Waals surface area contributed by atoms with Crippen molar-refractivity contribution in [1.82, 2.24) is 4.90 Å². The van der Waals surface area contributed by atoms with Crippen LogP contribution in [0, 0.1) is 0 Å². The van der Waals surface area contributed by atoms with Gasteiger partial charge in [0.25, 0.3) is 0 Å². The first-order valence-corrected chi connectivity index (χ1v) is 6.03. The van der Waals surface area contributed by atoms with Gasteiger partial charge in [-0.15, -0.1) is 0 Å². The second kappa shape index (κ2) is 4.84. The van der Waals surface area contributed by atoms with Gasteiger partial charge in [0, 0.05) is 5.69 Å². The van der Waals surface area contributed by atoms with Crippen LogP contribution < -0.4 is 16.2 Å². The normalized spacial score (nSPS) is 18.2. The number of nitrogen functional groups attached to an aromatic ring is 2. The summed E-state index contributed by atoms with van der Waals surface area (Å²) in [5.74, 6) is 1.26. The SMILES string of the molecule is COc1cc(C2CCN(C)CC2)c(N)cc1N. The van der Waals surface area contributed by atoms with Crippen molar-refractivity contribution in [2.45, 2.75) is 18.8 Å². The summed E-state index contributed by atoms with van der Waals surface area (Å²) in [5.41, 5.74) is 14.5. The van der Waals surface area contributed by atoms with Crippen molar-refractivity contribution in [2.75, 3.05) is 38.7 Å². The van der Waals surface area contributed by atoms with Crippen LogP contribution in [0.3, 0.4) is 0 Å². The molecular formula is C13H21N3O. The van der Waals surface area contributed by atoms with Crippen molar-refractivity contribution >= 4 is 11.4 Å². The zero-order valence-corrected chi connectivity index (χ0v) is 10.6. The topological polar surface area (TPSA) is 64.5 Å². The Bertz CT molecular complexity index is 398. The van der Waals surface area contributed by atoms with Crippen LogP contribution in [0.1, 0.15) is 24.3 Å². The predicted molar refractivity (Wildman–Crippen MR) is 71.3 cm³/mol. The maximum absolute atomic E-state index is 6.06. The lowest BCUT2D eigenvalue weighted by Crippen LogP contribution is -2.29. The molecule has 0 bridgehead atoms. The molecule has 0 spiro atoms. The minimum absolute atomic E-state index is 0.528. The van der Waals surface area contributed by atoms with Crippen LogP contribution in [0.15, 0.2) is 12.1 Å². The Kier molecular flexibility index (Phi) is 3.43. The molecule has 0 radical (unpaired) electrons. The van der Waals surface area contributed by atoms with Crippen LogP contribution in [-0.4, -0.2) is 32.1 Å². The fourth-order valence-electron chi connectivity index (χ4n) is 2.48. The van der Waals surface area contributed by atoms with Gasteiger partial charge < -0.3 is 21.1 Å². The van der Waals surface area contributed by atoms with Gasteiger partial charge in [0.15, 0.2) is 0 Å². The van der Waals surface area contributed by atoms with Gasteiger partial charge >= 0.3 is 0 Å². The van der Waals surface area contributed by atoms with Crippen LogP contribution >= 0.6 is 0 Å². The molecule has 17 heavy (non-hydrogen) atoms. The molecule has 94 valence electrons. The fourth-order valence-corrected chi connectivity index (χ4v) is 2.48. The van der Waals surface area contributed by atoms with E-state index in [0.29, 0.717) is 11.6 Å². The van der Waals surface area contributed by atoms with E-state index < -0.39 is 0 Å². The second-order valence-electron chi connectivity index (χ2n) is 4.80. The summed E-state index contributed by atoms with van der Waals surface area (Å²) in [6.07, 6.45) is 2.29. The van der Waals surface area contributed by atoms with Crippen LogP contribution in [0.5, 0.6) is 5.75 Å². The highest BCUT2D eigenvalue weighted by atomic mass is 16.5. The summed E-state index contributed by atoms with van der Waals surface area (Å²) in [6, 6.07) is 3.81. The van der Waals surface area contributed by atoms with Gasteiger partial charge in [-0.2, -0.15) is 0 Å². The van der Waals surface area contributed by atoms with Gasteiger partial charge in [0.1, 0.15) is 5.75 Å². The second-order valence-corrected chi connectivity index (χ2v) is 4.80. The van der Waals surface area contributed by atoms with E-state index in [1.165, 1.54) is 5.56 Å². The van der Waals surface area contributed by atoms with E-state index in [1.807, 2.05) is 12.1 Å². The molecule has 0 saturated carbocycles. The molecule has 4 nitrogen and oxygen atoms in total. The molecule has 4 heteroatoms. The van der Waals surface area contributed by atoms with Crippen LogP contribution in [0.25, 0.3) is 0 Å². The lowest BCUT2D eigenvalue weighted by Gasteiger charge is -2.30. The van der Waals surface area contributed by atoms with Gasteiger partial charge in [-0.3, -0.25) is 0 Å². The van der Waals surface area contributed by atoms with Crippen molar-refractivity contribution in [3.8, 4) is 5.75 Å². The molecule has 0 unspecified atom stereocenters. The summed E-state index contributed by atoms with van der Waals surface area (Å²) in [6.45, 7) is 2.24. The van der Waals surface area contributed by atoms with Crippen molar-refractivity contribution < 1.29 is 4.74 Å². The summed E-state index contributed by atoms with van der Waals surface area (Å²) in [4.78, 5) is 2.35. The minimum atomic E-state index is 0.528. The van der Waals surface area contributed by atoms with Crippen molar-refractivity contribution in [1.29, 1.82) is 0 Å². The molecule has 1 aliphatic heterocycles. The Morgan fingerprint density at radius 2 is 1.82 bits per heavy atom. The Balaban J connectivity index is 2.25. The van der Waals surface area contributed by atoms with Crippen molar-refractivity contribution in [3.05, 3.63) is 17.7 Å². The molecule has 1 aliphatic rings. The maximum atomic E-state index is 6.06.